The van der Waals surface area contributed by atoms with E-state index >= 15 is 0 Å². The highest BCUT2D eigenvalue weighted by molar-refractivity contribution is 7.91. The molecular weight excluding hydrogens is 326 g/mol. The first-order valence-corrected chi connectivity index (χ1v) is 9.36. The number of ether oxygens (including phenoxy) is 1. The molecule has 2 aromatic rings. The number of sulfone groups is 1. The van der Waals surface area contributed by atoms with Gasteiger partial charge in [0.2, 0.25) is 5.91 Å². The van der Waals surface area contributed by atoms with Gasteiger partial charge >= 0.3 is 0 Å². The van der Waals surface area contributed by atoms with E-state index in [9.17, 15) is 13.2 Å². The first-order valence-electron chi connectivity index (χ1n) is 7.71. The van der Waals surface area contributed by atoms with Crippen LogP contribution in [0, 0.1) is 6.92 Å². The molecule has 0 saturated heterocycles. The van der Waals surface area contributed by atoms with E-state index in [1.54, 1.807) is 18.2 Å². The average Bonchev–Trinajstić information content (AvgIpc) is 2.59. The summed E-state index contributed by atoms with van der Waals surface area (Å²) < 4.78 is 29.6. The first-order chi connectivity index (χ1) is 11.5. The maximum absolute atomic E-state index is 12.1. The number of nitrogens with one attached hydrogen (secondary N) is 1. The van der Waals surface area contributed by atoms with Crippen molar-refractivity contribution in [1.29, 1.82) is 0 Å². The number of rotatable bonds is 8. The van der Waals surface area contributed by atoms with E-state index < -0.39 is 9.84 Å². The lowest BCUT2D eigenvalue weighted by Gasteiger charge is -2.08. The summed E-state index contributed by atoms with van der Waals surface area (Å²) in [5, 5.41) is 2.66. The van der Waals surface area contributed by atoms with E-state index in [1.807, 2.05) is 31.2 Å². The molecule has 0 fully saturated rings. The van der Waals surface area contributed by atoms with Crippen LogP contribution in [0.15, 0.2) is 59.5 Å². The molecule has 0 aliphatic heterocycles. The van der Waals surface area contributed by atoms with E-state index in [0.29, 0.717) is 13.2 Å². The molecule has 0 aliphatic carbocycles. The number of aryl methyl sites for hydroxylation is 1. The van der Waals surface area contributed by atoms with Crippen LogP contribution < -0.4 is 10.1 Å². The smallest absolute Gasteiger partial charge is 0.221 e. The Hall–Kier alpha value is -2.34. The highest BCUT2D eigenvalue weighted by Crippen LogP contribution is 2.12. The second-order valence-corrected chi connectivity index (χ2v) is 7.50. The molecule has 0 saturated carbocycles. The lowest BCUT2D eigenvalue weighted by atomic mass is 10.2. The fourth-order valence-corrected chi connectivity index (χ4v) is 3.32. The summed E-state index contributed by atoms with van der Waals surface area (Å²) in [6.07, 6.45) is -0.0677. The number of hydrogen-bond donors (Lipinski definition) is 1. The predicted molar refractivity (Wildman–Crippen MR) is 92.8 cm³/mol. The van der Waals surface area contributed by atoms with Gasteiger partial charge in [0.05, 0.1) is 17.2 Å². The normalized spacial score (nSPS) is 11.0. The zero-order valence-electron chi connectivity index (χ0n) is 13.6. The van der Waals surface area contributed by atoms with Crippen LogP contribution in [-0.2, 0) is 14.6 Å². The van der Waals surface area contributed by atoms with E-state index in [-0.39, 0.29) is 23.0 Å². The van der Waals surface area contributed by atoms with E-state index in [2.05, 4.69) is 5.32 Å². The molecule has 24 heavy (non-hydrogen) atoms. The van der Waals surface area contributed by atoms with Crippen LogP contribution in [0.3, 0.4) is 0 Å². The molecule has 0 unspecified atom stereocenters. The van der Waals surface area contributed by atoms with Gasteiger partial charge in [-0.15, -0.1) is 0 Å². The summed E-state index contributed by atoms with van der Waals surface area (Å²) in [5.74, 6) is 0.227. The Kier molecular flexibility index (Phi) is 6.37. The van der Waals surface area contributed by atoms with Gasteiger partial charge in [0.25, 0.3) is 0 Å². The van der Waals surface area contributed by atoms with Gasteiger partial charge in [-0.05, 0) is 31.2 Å². The van der Waals surface area contributed by atoms with Crippen molar-refractivity contribution in [1.82, 2.24) is 5.32 Å². The second-order valence-electron chi connectivity index (χ2n) is 5.39. The average molecular weight is 347 g/mol. The SMILES string of the molecule is Cc1ccc(OCCNC(=O)CCS(=O)(=O)c2ccccc2)cc1. The molecule has 0 aromatic heterocycles. The summed E-state index contributed by atoms with van der Waals surface area (Å²) in [4.78, 5) is 12.0. The Morgan fingerprint density at radius 1 is 1.04 bits per heavy atom. The molecule has 0 spiro atoms. The topological polar surface area (TPSA) is 72.5 Å². The monoisotopic (exact) mass is 347 g/mol. The van der Waals surface area contributed by atoms with Gasteiger partial charge < -0.3 is 10.1 Å². The van der Waals surface area contributed by atoms with Gasteiger partial charge in [-0.1, -0.05) is 35.9 Å². The standard InChI is InChI=1S/C18H21NO4S/c1-15-7-9-16(10-8-15)23-13-12-19-18(20)11-14-24(21,22)17-5-3-2-4-6-17/h2-10H,11-14H2,1H3,(H,19,20). The van der Waals surface area contributed by atoms with Gasteiger partial charge in [0, 0.05) is 6.42 Å². The van der Waals surface area contributed by atoms with E-state index in [1.165, 1.54) is 12.1 Å². The minimum absolute atomic E-state index is 0.0677. The van der Waals surface area contributed by atoms with Crippen LogP contribution in [0.2, 0.25) is 0 Å². The Bertz CT molecular complexity index is 755. The van der Waals surface area contributed by atoms with Crippen molar-refractivity contribution in [2.24, 2.45) is 0 Å². The van der Waals surface area contributed by atoms with Crippen LogP contribution >= 0.6 is 0 Å². The summed E-state index contributed by atoms with van der Waals surface area (Å²) in [6.45, 7) is 2.66. The van der Waals surface area contributed by atoms with E-state index in [4.69, 9.17) is 4.74 Å². The Labute approximate surface area is 142 Å². The quantitative estimate of drug-likeness (QED) is 0.744. The van der Waals surface area contributed by atoms with E-state index in [0.717, 1.165) is 11.3 Å². The van der Waals surface area contributed by atoms with Gasteiger partial charge in [0.15, 0.2) is 9.84 Å². The highest BCUT2D eigenvalue weighted by atomic mass is 32.2. The zero-order valence-corrected chi connectivity index (χ0v) is 14.4. The van der Waals surface area contributed by atoms with Crippen molar-refractivity contribution < 1.29 is 17.9 Å². The maximum Gasteiger partial charge on any atom is 0.221 e. The highest BCUT2D eigenvalue weighted by Gasteiger charge is 2.15. The Morgan fingerprint density at radius 3 is 2.38 bits per heavy atom. The molecule has 1 amide bonds. The third kappa shape index (κ3) is 5.70. The molecular formula is C18H21NO4S. The largest absolute Gasteiger partial charge is 0.492 e. The first kappa shape index (κ1) is 18.0. The van der Waals surface area contributed by atoms with Crippen LogP contribution in [0.25, 0.3) is 0 Å². The zero-order chi connectivity index (χ0) is 17.4. The second kappa shape index (κ2) is 8.49. The number of hydrogen-bond acceptors (Lipinski definition) is 4. The van der Waals surface area contributed by atoms with Crippen LogP contribution in [-0.4, -0.2) is 33.2 Å². The minimum atomic E-state index is -3.43. The van der Waals surface area contributed by atoms with Gasteiger partial charge in [-0.3, -0.25) is 4.79 Å². The molecule has 6 heteroatoms. The van der Waals surface area contributed by atoms with Gasteiger partial charge in [0.1, 0.15) is 12.4 Å². The number of amides is 1. The summed E-state index contributed by atoms with van der Waals surface area (Å²) in [7, 11) is -3.43. The Morgan fingerprint density at radius 2 is 1.71 bits per heavy atom. The van der Waals surface area contributed by atoms with Crippen LogP contribution in [0.5, 0.6) is 5.75 Å². The summed E-state index contributed by atoms with van der Waals surface area (Å²) in [6, 6.07) is 15.8. The molecule has 5 nitrogen and oxygen atoms in total. The number of benzene rings is 2. The summed E-state index contributed by atoms with van der Waals surface area (Å²) in [5.41, 5.74) is 1.15. The van der Waals surface area contributed by atoms with Crippen LogP contribution in [0.1, 0.15) is 12.0 Å². The van der Waals surface area contributed by atoms with Crippen molar-refractivity contribution in [2.75, 3.05) is 18.9 Å². The van der Waals surface area contributed by atoms with Gasteiger partial charge in [-0.2, -0.15) is 0 Å². The Balaban J connectivity index is 1.69. The van der Waals surface area contributed by atoms with Crippen molar-refractivity contribution in [3.8, 4) is 5.75 Å². The maximum atomic E-state index is 12.1. The molecule has 0 atom stereocenters. The third-order valence-corrected chi connectivity index (χ3v) is 5.15. The lowest BCUT2D eigenvalue weighted by Crippen LogP contribution is -2.29. The predicted octanol–water partition coefficient (Wildman–Crippen LogP) is 2.35. The lowest BCUT2D eigenvalue weighted by molar-refractivity contribution is -0.120. The molecule has 0 radical (unpaired) electrons. The third-order valence-electron chi connectivity index (χ3n) is 3.41. The fraction of sp³-hybridized carbons (Fsp3) is 0.278. The minimum Gasteiger partial charge on any atom is -0.492 e. The fourth-order valence-electron chi connectivity index (χ4n) is 2.05. The molecule has 2 aromatic carbocycles. The molecule has 0 heterocycles. The molecule has 1 N–H and O–H groups in total. The molecule has 0 bridgehead atoms. The number of carbonyl (C=O) groups is 1. The van der Waals surface area contributed by atoms with Crippen molar-refractivity contribution in [2.45, 2.75) is 18.2 Å². The van der Waals surface area contributed by atoms with Crippen molar-refractivity contribution in [3.05, 3.63) is 60.2 Å². The van der Waals surface area contributed by atoms with Crippen LogP contribution in [0.4, 0.5) is 0 Å². The van der Waals surface area contributed by atoms with Crippen molar-refractivity contribution >= 4 is 15.7 Å². The molecule has 2 rings (SSSR count). The molecule has 128 valence electrons. The summed E-state index contributed by atoms with van der Waals surface area (Å²) >= 11 is 0. The van der Waals surface area contributed by atoms with Gasteiger partial charge in [-0.25, -0.2) is 8.42 Å². The van der Waals surface area contributed by atoms with Crippen molar-refractivity contribution in [3.63, 3.8) is 0 Å². The molecule has 0 aliphatic rings. The number of carbonyl (C=O) groups excluding carboxylic acids is 1.